The van der Waals surface area contributed by atoms with Gasteiger partial charge >= 0.3 is 11.9 Å². The number of H-pyrrole nitrogens is 2. The molecule has 0 unspecified atom stereocenters. The summed E-state index contributed by atoms with van der Waals surface area (Å²) in [5.41, 5.74) is 4.90. The van der Waals surface area contributed by atoms with Crippen LogP contribution in [0.1, 0.15) is 34.6 Å². The summed E-state index contributed by atoms with van der Waals surface area (Å²) in [5, 5.41) is 6.86. The third-order valence-corrected chi connectivity index (χ3v) is 7.39. The molecule has 3 N–H and O–H groups in total. The lowest BCUT2D eigenvalue weighted by Gasteiger charge is -2.08. The van der Waals surface area contributed by atoms with Crippen molar-refractivity contribution in [3.05, 3.63) is 89.6 Å². The Balaban J connectivity index is 0.000000172. The van der Waals surface area contributed by atoms with Crippen molar-refractivity contribution in [1.82, 2.24) is 29.9 Å². The van der Waals surface area contributed by atoms with Gasteiger partial charge in [0.05, 0.1) is 42.2 Å². The number of methoxy groups -OCH3 is 1. The van der Waals surface area contributed by atoms with Gasteiger partial charge in [-0.1, -0.05) is 11.6 Å². The summed E-state index contributed by atoms with van der Waals surface area (Å²) >= 11 is 6.08. The zero-order chi connectivity index (χ0) is 32.2. The molecule has 0 radical (unpaired) electrons. The molecular formula is C33H28ClN7O5. The first-order valence-electron chi connectivity index (χ1n) is 14.3. The number of hydrogen-bond donors (Lipinski definition) is 3. The van der Waals surface area contributed by atoms with Gasteiger partial charge in [0, 0.05) is 27.5 Å². The molecule has 0 aliphatic rings. The summed E-state index contributed by atoms with van der Waals surface area (Å²) in [6.07, 6.45) is 2.89. The number of benzene rings is 3. The summed E-state index contributed by atoms with van der Waals surface area (Å²) < 4.78 is 15.3. The van der Waals surface area contributed by atoms with Gasteiger partial charge in [-0.3, -0.25) is 0 Å². The molecule has 0 bridgehead atoms. The molecule has 46 heavy (non-hydrogen) atoms. The molecule has 12 nitrogen and oxygen atoms in total. The Morgan fingerprint density at radius 1 is 0.739 bits per heavy atom. The van der Waals surface area contributed by atoms with E-state index in [0.717, 1.165) is 38.6 Å². The first-order valence-corrected chi connectivity index (χ1v) is 14.7. The van der Waals surface area contributed by atoms with Crippen molar-refractivity contribution in [2.75, 3.05) is 25.6 Å². The number of fused-ring (bicyclic) bond motifs is 6. The number of aromatic nitrogens is 6. The number of carbonyl (C=O) groups excluding carboxylic acids is 2. The zero-order valence-corrected chi connectivity index (χ0v) is 25.8. The Morgan fingerprint density at radius 2 is 1.28 bits per heavy atom. The van der Waals surface area contributed by atoms with Crippen LogP contribution in [0.5, 0.6) is 5.75 Å². The average Bonchev–Trinajstić information content (AvgIpc) is 3.64. The smallest absolute Gasteiger partial charge is 0.338 e. The van der Waals surface area contributed by atoms with Crippen molar-refractivity contribution in [2.24, 2.45) is 0 Å². The molecule has 13 heteroatoms. The van der Waals surface area contributed by atoms with Gasteiger partial charge in [0.1, 0.15) is 40.7 Å². The SMILES string of the molecule is CCOC(=O)c1ccc2[nH]c3ncnc(Cl)c3c2c1.CCOC(=O)c1ccc2[nH]c3ncnc(Nc4ccc(OC)cc4)c3c2c1. The van der Waals surface area contributed by atoms with Gasteiger partial charge in [-0.25, -0.2) is 29.5 Å². The molecule has 0 atom stereocenters. The molecule has 0 fully saturated rings. The number of anilines is 2. The van der Waals surface area contributed by atoms with Gasteiger partial charge in [-0.15, -0.1) is 0 Å². The van der Waals surface area contributed by atoms with E-state index in [2.05, 4.69) is 35.2 Å². The topological polar surface area (TPSA) is 157 Å². The minimum absolute atomic E-state index is 0.331. The summed E-state index contributed by atoms with van der Waals surface area (Å²) in [7, 11) is 1.63. The number of hydrogen-bond acceptors (Lipinski definition) is 10. The number of esters is 2. The minimum atomic E-state index is -0.355. The van der Waals surface area contributed by atoms with E-state index >= 15 is 0 Å². The van der Waals surface area contributed by atoms with E-state index in [0.29, 0.717) is 52.0 Å². The van der Waals surface area contributed by atoms with Crippen LogP contribution in [0, 0.1) is 0 Å². The van der Waals surface area contributed by atoms with Crippen molar-refractivity contribution in [3.8, 4) is 5.75 Å². The molecule has 0 aliphatic heterocycles. The highest BCUT2D eigenvalue weighted by molar-refractivity contribution is 6.36. The summed E-state index contributed by atoms with van der Waals surface area (Å²) in [6.45, 7) is 4.23. The Bertz CT molecular complexity index is 2210. The summed E-state index contributed by atoms with van der Waals surface area (Å²) in [5.74, 6) is 0.721. The predicted molar refractivity (Wildman–Crippen MR) is 176 cm³/mol. The van der Waals surface area contributed by atoms with E-state index in [9.17, 15) is 9.59 Å². The lowest BCUT2D eigenvalue weighted by molar-refractivity contribution is 0.0517. The third-order valence-electron chi connectivity index (χ3n) is 7.11. The van der Waals surface area contributed by atoms with Crippen molar-refractivity contribution in [1.29, 1.82) is 0 Å². The standard InChI is InChI=1S/C20H18N4O3.C13H10ClN3O2/c1-3-27-20(25)12-4-9-16-15(10-12)17-18(21-11-22-19(17)24-16)23-13-5-7-14(26-2)8-6-13;1-2-19-13(18)7-3-4-9-8(5-7)10-11(14)15-6-16-12(10)17-9/h4-11H,3H2,1-2H3,(H2,21,22,23,24);3-6H,2H2,1H3,(H,15,16,17). The molecule has 7 rings (SSSR count). The van der Waals surface area contributed by atoms with Crippen molar-refractivity contribution in [3.63, 3.8) is 0 Å². The highest BCUT2D eigenvalue weighted by Crippen LogP contribution is 2.32. The lowest BCUT2D eigenvalue weighted by atomic mass is 10.1. The first kappa shape index (κ1) is 30.3. The number of nitrogens with zero attached hydrogens (tertiary/aromatic N) is 4. The van der Waals surface area contributed by atoms with Crippen molar-refractivity contribution >= 4 is 78.9 Å². The van der Waals surface area contributed by atoms with Gasteiger partial charge < -0.3 is 29.5 Å². The van der Waals surface area contributed by atoms with Gasteiger partial charge in [-0.05, 0) is 74.5 Å². The fourth-order valence-electron chi connectivity index (χ4n) is 5.00. The Morgan fingerprint density at radius 3 is 1.85 bits per heavy atom. The van der Waals surface area contributed by atoms with Gasteiger partial charge in [-0.2, -0.15) is 0 Å². The molecule has 0 spiro atoms. The van der Waals surface area contributed by atoms with Crippen LogP contribution >= 0.6 is 11.6 Å². The van der Waals surface area contributed by atoms with E-state index in [4.69, 9.17) is 25.8 Å². The monoisotopic (exact) mass is 637 g/mol. The largest absolute Gasteiger partial charge is 0.497 e. The van der Waals surface area contributed by atoms with Gasteiger partial charge in [0.15, 0.2) is 0 Å². The highest BCUT2D eigenvalue weighted by Gasteiger charge is 2.16. The second-order valence-corrected chi connectivity index (χ2v) is 10.3. The molecule has 3 aromatic carbocycles. The van der Waals surface area contributed by atoms with Crippen LogP contribution in [0.25, 0.3) is 43.9 Å². The molecular weight excluding hydrogens is 610 g/mol. The Labute approximate surface area is 267 Å². The number of rotatable bonds is 7. The third kappa shape index (κ3) is 5.97. The van der Waals surface area contributed by atoms with Crippen LogP contribution in [-0.4, -0.2) is 62.2 Å². The van der Waals surface area contributed by atoms with Crippen LogP contribution in [0.4, 0.5) is 11.5 Å². The summed E-state index contributed by atoms with van der Waals surface area (Å²) in [4.78, 5) is 47.0. The maximum absolute atomic E-state index is 12.1. The van der Waals surface area contributed by atoms with Crippen molar-refractivity contribution in [2.45, 2.75) is 13.8 Å². The maximum Gasteiger partial charge on any atom is 0.338 e. The van der Waals surface area contributed by atoms with E-state index in [1.807, 2.05) is 30.3 Å². The quantitative estimate of drug-likeness (QED) is 0.123. The highest BCUT2D eigenvalue weighted by atomic mass is 35.5. The van der Waals surface area contributed by atoms with Crippen LogP contribution in [0.2, 0.25) is 5.15 Å². The van der Waals surface area contributed by atoms with Crippen LogP contribution in [-0.2, 0) is 9.47 Å². The molecule has 4 aromatic heterocycles. The molecule has 0 amide bonds. The van der Waals surface area contributed by atoms with E-state index in [1.54, 1.807) is 51.3 Å². The second kappa shape index (κ2) is 13.1. The van der Waals surface area contributed by atoms with Crippen LogP contribution in [0.3, 0.4) is 0 Å². The number of carbonyl (C=O) groups is 2. The average molecular weight is 638 g/mol. The van der Waals surface area contributed by atoms with E-state index < -0.39 is 0 Å². The minimum Gasteiger partial charge on any atom is -0.497 e. The fraction of sp³-hybridized carbons (Fsp3) is 0.152. The Kier molecular flexibility index (Phi) is 8.61. The number of halogens is 1. The molecule has 0 saturated carbocycles. The fourth-order valence-corrected chi connectivity index (χ4v) is 5.23. The normalized spacial score (nSPS) is 11.0. The molecule has 7 aromatic rings. The summed E-state index contributed by atoms with van der Waals surface area (Å²) in [6, 6.07) is 18.2. The Hall–Kier alpha value is -5.75. The number of ether oxygens (including phenoxy) is 3. The molecule has 232 valence electrons. The van der Waals surface area contributed by atoms with Crippen LogP contribution < -0.4 is 10.1 Å². The zero-order valence-electron chi connectivity index (χ0n) is 25.1. The van der Waals surface area contributed by atoms with Gasteiger partial charge in [0.25, 0.3) is 0 Å². The number of nitrogens with one attached hydrogen (secondary N) is 3. The van der Waals surface area contributed by atoms with E-state index in [1.165, 1.54) is 12.7 Å². The van der Waals surface area contributed by atoms with Crippen LogP contribution in [0.15, 0.2) is 73.3 Å². The van der Waals surface area contributed by atoms with E-state index in [-0.39, 0.29) is 11.9 Å². The number of aromatic amines is 2. The molecule has 4 heterocycles. The maximum atomic E-state index is 12.1. The first-order chi connectivity index (χ1) is 22.4. The van der Waals surface area contributed by atoms with Gasteiger partial charge in [0.2, 0.25) is 0 Å². The second-order valence-electron chi connectivity index (χ2n) is 9.90. The lowest BCUT2D eigenvalue weighted by Crippen LogP contribution is -2.04. The molecule has 0 aliphatic carbocycles. The van der Waals surface area contributed by atoms with Crippen molar-refractivity contribution < 1.29 is 23.8 Å². The predicted octanol–water partition coefficient (Wildman–Crippen LogP) is 6.98. The molecule has 0 saturated heterocycles.